The molecule has 0 radical (unpaired) electrons. The predicted molar refractivity (Wildman–Crippen MR) is 59.7 cm³/mol. The van der Waals surface area contributed by atoms with Crippen LogP contribution in [-0.2, 0) is 16.1 Å². The van der Waals surface area contributed by atoms with Gasteiger partial charge in [0, 0.05) is 18.2 Å². The van der Waals surface area contributed by atoms with Crippen molar-refractivity contribution < 1.29 is 14.7 Å². The first-order valence-corrected chi connectivity index (χ1v) is 4.83. The summed E-state index contributed by atoms with van der Waals surface area (Å²) in [6.07, 6.45) is 1.07. The molecule has 4 nitrogen and oxygen atoms in total. The van der Waals surface area contributed by atoms with Gasteiger partial charge < -0.3 is 10.4 Å². The Bertz CT molecular complexity index is 410. The molecule has 0 atom stereocenters. The van der Waals surface area contributed by atoms with E-state index in [9.17, 15) is 9.59 Å². The van der Waals surface area contributed by atoms with Crippen LogP contribution in [0.2, 0.25) is 0 Å². The summed E-state index contributed by atoms with van der Waals surface area (Å²) >= 11 is 0. The van der Waals surface area contributed by atoms with Gasteiger partial charge in [-0.2, -0.15) is 0 Å². The Balaban J connectivity index is 2.48. The third-order valence-corrected chi connectivity index (χ3v) is 1.99. The van der Waals surface area contributed by atoms with E-state index in [1.807, 2.05) is 30.3 Å². The number of carboxylic acids is 1. The normalized spacial score (nSPS) is 10.9. The molecule has 1 aromatic carbocycles. The van der Waals surface area contributed by atoms with E-state index in [2.05, 4.69) is 5.32 Å². The Morgan fingerprint density at radius 3 is 2.50 bits per heavy atom. The predicted octanol–water partition coefficient (Wildman–Crippen LogP) is 1.33. The second kappa shape index (κ2) is 5.70. The molecule has 0 saturated heterocycles. The molecule has 1 amide bonds. The van der Waals surface area contributed by atoms with Crippen LogP contribution in [0.25, 0.3) is 0 Å². The fourth-order valence-electron chi connectivity index (χ4n) is 1.09. The van der Waals surface area contributed by atoms with Crippen molar-refractivity contribution in [2.24, 2.45) is 0 Å². The van der Waals surface area contributed by atoms with Crippen molar-refractivity contribution in [3.05, 3.63) is 47.5 Å². The number of nitrogens with one attached hydrogen (secondary N) is 1. The first kappa shape index (κ1) is 12.0. The lowest BCUT2D eigenvalue weighted by atomic mass is 10.2. The number of aliphatic carboxylic acids is 1. The second-order valence-corrected chi connectivity index (χ2v) is 3.34. The average molecular weight is 219 g/mol. The molecule has 0 unspecified atom stereocenters. The zero-order valence-electron chi connectivity index (χ0n) is 8.93. The van der Waals surface area contributed by atoms with E-state index >= 15 is 0 Å². The zero-order valence-corrected chi connectivity index (χ0v) is 8.93. The van der Waals surface area contributed by atoms with Crippen LogP contribution in [0.1, 0.15) is 12.5 Å². The number of carbonyl (C=O) groups excluding carboxylic acids is 1. The van der Waals surface area contributed by atoms with Gasteiger partial charge in [0.2, 0.25) is 5.91 Å². The van der Waals surface area contributed by atoms with Gasteiger partial charge in [0.05, 0.1) is 0 Å². The third kappa shape index (κ3) is 3.96. The van der Waals surface area contributed by atoms with Gasteiger partial charge in [-0.3, -0.25) is 4.79 Å². The molecule has 0 aromatic heterocycles. The standard InChI is InChI=1S/C12H13NO3/c1-9(12(15)16)7-11(14)13-8-10-5-3-2-4-6-10/h2-7H,8H2,1H3,(H,13,14)(H,15,16). The Morgan fingerprint density at radius 2 is 1.94 bits per heavy atom. The van der Waals surface area contributed by atoms with Crippen molar-refractivity contribution in [2.45, 2.75) is 13.5 Å². The Labute approximate surface area is 93.6 Å². The molecule has 1 rings (SSSR count). The summed E-state index contributed by atoms with van der Waals surface area (Å²) in [4.78, 5) is 21.7. The fourth-order valence-corrected chi connectivity index (χ4v) is 1.09. The van der Waals surface area contributed by atoms with Gasteiger partial charge in [0.25, 0.3) is 0 Å². The minimum absolute atomic E-state index is 0.0190. The van der Waals surface area contributed by atoms with Crippen LogP contribution < -0.4 is 5.32 Å². The van der Waals surface area contributed by atoms with Crippen LogP contribution in [-0.4, -0.2) is 17.0 Å². The highest BCUT2D eigenvalue weighted by atomic mass is 16.4. The molecule has 0 aliphatic heterocycles. The molecule has 0 heterocycles. The van der Waals surface area contributed by atoms with Crippen LogP contribution in [0.5, 0.6) is 0 Å². The highest BCUT2D eigenvalue weighted by molar-refractivity contribution is 5.97. The van der Waals surface area contributed by atoms with E-state index in [1.165, 1.54) is 6.92 Å². The Kier molecular flexibility index (Phi) is 4.27. The third-order valence-electron chi connectivity index (χ3n) is 1.99. The molecule has 1 aromatic rings. The van der Waals surface area contributed by atoms with Crippen LogP contribution in [0.15, 0.2) is 42.0 Å². The van der Waals surface area contributed by atoms with Gasteiger partial charge in [-0.1, -0.05) is 30.3 Å². The lowest BCUT2D eigenvalue weighted by Gasteiger charge is -2.02. The molecule has 0 spiro atoms. The summed E-state index contributed by atoms with van der Waals surface area (Å²) in [6.45, 7) is 1.77. The first-order valence-electron chi connectivity index (χ1n) is 4.83. The van der Waals surface area contributed by atoms with E-state index < -0.39 is 11.9 Å². The molecule has 0 fully saturated rings. The number of hydrogen-bond acceptors (Lipinski definition) is 2. The lowest BCUT2D eigenvalue weighted by molar-refractivity contribution is -0.133. The van der Waals surface area contributed by atoms with Gasteiger partial charge in [0.1, 0.15) is 0 Å². The van der Waals surface area contributed by atoms with Crippen molar-refractivity contribution in [1.29, 1.82) is 0 Å². The maximum atomic E-state index is 11.3. The van der Waals surface area contributed by atoms with Crippen molar-refractivity contribution >= 4 is 11.9 Å². The SMILES string of the molecule is CC(=CC(=O)NCc1ccccc1)C(=O)O. The molecular weight excluding hydrogens is 206 g/mol. The molecule has 4 heteroatoms. The van der Waals surface area contributed by atoms with E-state index in [1.54, 1.807) is 0 Å². The van der Waals surface area contributed by atoms with E-state index in [-0.39, 0.29) is 5.57 Å². The minimum atomic E-state index is -1.09. The van der Waals surface area contributed by atoms with E-state index in [0.717, 1.165) is 11.6 Å². The number of carbonyl (C=O) groups is 2. The molecule has 0 aliphatic carbocycles. The summed E-state index contributed by atoms with van der Waals surface area (Å²) in [7, 11) is 0. The topological polar surface area (TPSA) is 66.4 Å². The number of carboxylic acid groups (broad SMARTS) is 1. The highest BCUT2D eigenvalue weighted by Gasteiger charge is 2.03. The van der Waals surface area contributed by atoms with Crippen LogP contribution in [0.4, 0.5) is 0 Å². The molecule has 0 bridgehead atoms. The summed E-state index contributed by atoms with van der Waals surface area (Å²) in [5.74, 6) is -1.49. The van der Waals surface area contributed by atoms with Gasteiger partial charge >= 0.3 is 5.97 Å². The molecule has 2 N–H and O–H groups in total. The van der Waals surface area contributed by atoms with E-state index in [0.29, 0.717) is 6.54 Å². The summed E-state index contributed by atoms with van der Waals surface area (Å²) in [5, 5.41) is 11.2. The lowest BCUT2D eigenvalue weighted by Crippen LogP contribution is -2.21. The maximum Gasteiger partial charge on any atom is 0.331 e. The zero-order chi connectivity index (χ0) is 12.0. The van der Waals surface area contributed by atoms with Crippen LogP contribution in [0, 0.1) is 0 Å². The van der Waals surface area contributed by atoms with Crippen molar-refractivity contribution in [3.63, 3.8) is 0 Å². The van der Waals surface area contributed by atoms with Crippen LogP contribution >= 0.6 is 0 Å². The van der Waals surface area contributed by atoms with E-state index in [4.69, 9.17) is 5.11 Å². The first-order chi connectivity index (χ1) is 7.59. The number of benzene rings is 1. The largest absolute Gasteiger partial charge is 0.478 e. The molecule has 84 valence electrons. The van der Waals surface area contributed by atoms with Gasteiger partial charge in [0.15, 0.2) is 0 Å². The quantitative estimate of drug-likeness (QED) is 0.751. The van der Waals surface area contributed by atoms with Crippen molar-refractivity contribution in [3.8, 4) is 0 Å². The minimum Gasteiger partial charge on any atom is -0.478 e. The Hall–Kier alpha value is -2.10. The summed E-state index contributed by atoms with van der Waals surface area (Å²) in [5.41, 5.74) is 0.989. The molecular formula is C12H13NO3. The van der Waals surface area contributed by atoms with Gasteiger partial charge in [-0.15, -0.1) is 0 Å². The number of hydrogen-bond donors (Lipinski definition) is 2. The number of amides is 1. The van der Waals surface area contributed by atoms with Gasteiger partial charge in [-0.25, -0.2) is 4.79 Å². The molecule has 0 aliphatic rings. The maximum absolute atomic E-state index is 11.3. The smallest absolute Gasteiger partial charge is 0.331 e. The van der Waals surface area contributed by atoms with Crippen molar-refractivity contribution in [1.82, 2.24) is 5.32 Å². The molecule has 0 saturated carbocycles. The molecule has 16 heavy (non-hydrogen) atoms. The van der Waals surface area contributed by atoms with Crippen LogP contribution in [0.3, 0.4) is 0 Å². The summed E-state index contributed by atoms with van der Waals surface area (Å²) < 4.78 is 0. The van der Waals surface area contributed by atoms with Gasteiger partial charge in [-0.05, 0) is 12.5 Å². The van der Waals surface area contributed by atoms with Crippen molar-refractivity contribution in [2.75, 3.05) is 0 Å². The average Bonchev–Trinajstić information content (AvgIpc) is 2.27. The summed E-state index contributed by atoms with van der Waals surface area (Å²) in [6, 6.07) is 9.40. The highest BCUT2D eigenvalue weighted by Crippen LogP contribution is 1.97. The second-order valence-electron chi connectivity index (χ2n) is 3.34. The monoisotopic (exact) mass is 219 g/mol. The number of rotatable bonds is 4. The Morgan fingerprint density at radius 1 is 1.31 bits per heavy atom. The fraction of sp³-hybridized carbons (Fsp3) is 0.167.